The molecule has 1 saturated heterocycles. The zero-order valence-electron chi connectivity index (χ0n) is 15.7. The smallest absolute Gasteiger partial charge is 0.253 e. The molecule has 2 amide bonds. The number of rotatable bonds is 4. The van der Waals surface area contributed by atoms with Crippen LogP contribution in [0.3, 0.4) is 0 Å². The standard InChI is InChI=1S/C22H24N2O3/c1-15-4-3-5-19(14-15)22(27)24-12-10-18(11-13-24)21(26)23-20-8-6-17(7-9-20)16(2)25/h3-9,14,18H,10-13H2,1-2H3,(H,23,26). The maximum absolute atomic E-state index is 12.6. The number of nitrogens with zero attached hydrogens (tertiary/aromatic N) is 1. The zero-order valence-corrected chi connectivity index (χ0v) is 15.7. The molecular formula is C22H24N2O3. The number of hydrogen-bond acceptors (Lipinski definition) is 3. The summed E-state index contributed by atoms with van der Waals surface area (Å²) < 4.78 is 0. The van der Waals surface area contributed by atoms with Gasteiger partial charge in [0.15, 0.2) is 5.78 Å². The molecule has 1 aliphatic rings. The minimum absolute atomic E-state index is 0.00137. The number of hydrogen-bond donors (Lipinski definition) is 1. The molecular weight excluding hydrogens is 340 g/mol. The number of amides is 2. The molecule has 3 rings (SSSR count). The number of benzene rings is 2. The van der Waals surface area contributed by atoms with E-state index in [4.69, 9.17) is 0 Å². The highest BCUT2D eigenvalue weighted by Gasteiger charge is 2.27. The van der Waals surface area contributed by atoms with E-state index in [9.17, 15) is 14.4 Å². The van der Waals surface area contributed by atoms with Crippen LogP contribution >= 0.6 is 0 Å². The van der Waals surface area contributed by atoms with E-state index in [0.29, 0.717) is 42.7 Å². The highest BCUT2D eigenvalue weighted by molar-refractivity contribution is 5.97. The number of nitrogens with one attached hydrogen (secondary N) is 1. The van der Waals surface area contributed by atoms with Crippen LogP contribution in [0, 0.1) is 12.8 Å². The summed E-state index contributed by atoms with van der Waals surface area (Å²) in [6.07, 6.45) is 1.30. The molecule has 0 unspecified atom stereocenters. The maximum Gasteiger partial charge on any atom is 0.253 e. The lowest BCUT2D eigenvalue weighted by Crippen LogP contribution is -2.41. The van der Waals surface area contributed by atoms with Gasteiger partial charge in [-0.25, -0.2) is 0 Å². The number of aryl methyl sites for hydroxylation is 1. The Kier molecular flexibility index (Phi) is 5.69. The second-order valence-corrected chi connectivity index (χ2v) is 7.06. The largest absolute Gasteiger partial charge is 0.339 e. The van der Waals surface area contributed by atoms with Crippen molar-refractivity contribution in [2.75, 3.05) is 18.4 Å². The first-order chi connectivity index (χ1) is 12.9. The van der Waals surface area contributed by atoms with E-state index in [1.54, 1.807) is 24.3 Å². The minimum Gasteiger partial charge on any atom is -0.339 e. The summed E-state index contributed by atoms with van der Waals surface area (Å²) in [6.45, 7) is 4.64. The lowest BCUT2D eigenvalue weighted by atomic mass is 9.95. The normalized spacial score (nSPS) is 14.7. The van der Waals surface area contributed by atoms with E-state index in [0.717, 1.165) is 5.56 Å². The van der Waals surface area contributed by atoms with E-state index in [1.807, 2.05) is 36.1 Å². The summed E-state index contributed by atoms with van der Waals surface area (Å²) in [5, 5.41) is 2.91. The quantitative estimate of drug-likeness (QED) is 0.842. The van der Waals surface area contributed by atoms with Gasteiger partial charge in [-0.1, -0.05) is 17.7 Å². The van der Waals surface area contributed by atoms with Crippen LogP contribution in [-0.4, -0.2) is 35.6 Å². The van der Waals surface area contributed by atoms with E-state index in [1.165, 1.54) is 6.92 Å². The number of carbonyl (C=O) groups is 3. The molecule has 5 nitrogen and oxygen atoms in total. The number of carbonyl (C=O) groups excluding carboxylic acids is 3. The number of Topliss-reactive ketones (excluding diaryl/α,β-unsaturated/α-hetero) is 1. The molecule has 0 aromatic heterocycles. The SMILES string of the molecule is CC(=O)c1ccc(NC(=O)C2CCN(C(=O)c3cccc(C)c3)CC2)cc1. The van der Waals surface area contributed by atoms with Gasteiger partial charge >= 0.3 is 0 Å². The Morgan fingerprint density at radius 3 is 2.22 bits per heavy atom. The van der Waals surface area contributed by atoms with Crippen molar-refractivity contribution in [2.45, 2.75) is 26.7 Å². The van der Waals surface area contributed by atoms with Gasteiger partial charge in [0.25, 0.3) is 5.91 Å². The van der Waals surface area contributed by atoms with Gasteiger partial charge in [-0.3, -0.25) is 14.4 Å². The summed E-state index contributed by atoms with van der Waals surface area (Å²) in [5.41, 5.74) is 3.06. The third-order valence-corrected chi connectivity index (χ3v) is 4.98. The molecule has 1 fully saturated rings. The Bertz CT molecular complexity index is 850. The molecule has 0 saturated carbocycles. The second kappa shape index (κ2) is 8.16. The Balaban J connectivity index is 1.54. The van der Waals surface area contributed by atoms with Crippen molar-refractivity contribution in [1.29, 1.82) is 0 Å². The molecule has 0 atom stereocenters. The lowest BCUT2D eigenvalue weighted by molar-refractivity contribution is -0.121. The van der Waals surface area contributed by atoms with Crippen molar-refractivity contribution in [3.05, 3.63) is 65.2 Å². The molecule has 0 bridgehead atoms. The van der Waals surface area contributed by atoms with Crippen molar-refractivity contribution in [2.24, 2.45) is 5.92 Å². The van der Waals surface area contributed by atoms with Gasteiger partial charge in [0.05, 0.1) is 0 Å². The van der Waals surface area contributed by atoms with Gasteiger partial charge in [0.2, 0.25) is 5.91 Å². The predicted molar refractivity (Wildman–Crippen MR) is 105 cm³/mol. The molecule has 27 heavy (non-hydrogen) atoms. The summed E-state index contributed by atoms with van der Waals surface area (Å²) in [7, 11) is 0. The highest BCUT2D eigenvalue weighted by atomic mass is 16.2. The fourth-order valence-corrected chi connectivity index (χ4v) is 3.34. The molecule has 1 aliphatic heterocycles. The summed E-state index contributed by atoms with van der Waals surface area (Å²) >= 11 is 0. The first-order valence-electron chi connectivity index (χ1n) is 9.22. The van der Waals surface area contributed by atoms with Gasteiger partial charge in [-0.2, -0.15) is 0 Å². The molecule has 0 aliphatic carbocycles. The van der Waals surface area contributed by atoms with Crippen LogP contribution in [-0.2, 0) is 4.79 Å². The van der Waals surface area contributed by atoms with Crippen LogP contribution in [0.4, 0.5) is 5.69 Å². The Labute approximate surface area is 159 Å². The summed E-state index contributed by atoms with van der Waals surface area (Å²) in [5.74, 6) is -0.122. The Morgan fingerprint density at radius 1 is 0.963 bits per heavy atom. The molecule has 1 heterocycles. The molecule has 2 aromatic rings. The van der Waals surface area contributed by atoms with Crippen molar-refractivity contribution >= 4 is 23.3 Å². The Morgan fingerprint density at radius 2 is 1.63 bits per heavy atom. The van der Waals surface area contributed by atoms with Crippen LogP contribution in [0.15, 0.2) is 48.5 Å². The first kappa shape index (κ1) is 18.8. The van der Waals surface area contributed by atoms with E-state index in [2.05, 4.69) is 5.32 Å². The third kappa shape index (κ3) is 4.61. The van der Waals surface area contributed by atoms with Gasteiger partial charge < -0.3 is 10.2 Å². The fraction of sp³-hybridized carbons (Fsp3) is 0.318. The maximum atomic E-state index is 12.6. The van der Waals surface area contributed by atoms with Gasteiger partial charge in [-0.15, -0.1) is 0 Å². The summed E-state index contributed by atoms with van der Waals surface area (Å²) in [4.78, 5) is 38.2. The van der Waals surface area contributed by atoms with Gasteiger partial charge in [0, 0.05) is 35.8 Å². The number of ketones is 1. The molecule has 0 radical (unpaired) electrons. The van der Waals surface area contributed by atoms with E-state index >= 15 is 0 Å². The molecule has 2 aromatic carbocycles. The third-order valence-electron chi connectivity index (χ3n) is 4.98. The monoisotopic (exact) mass is 364 g/mol. The average Bonchev–Trinajstić information content (AvgIpc) is 2.68. The average molecular weight is 364 g/mol. The lowest BCUT2D eigenvalue weighted by Gasteiger charge is -2.31. The van der Waals surface area contributed by atoms with Crippen molar-refractivity contribution in [3.63, 3.8) is 0 Å². The molecule has 140 valence electrons. The molecule has 0 spiro atoms. The van der Waals surface area contributed by atoms with Gasteiger partial charge in [-0.05, 0) is 63.1 Å². The topological polar surface area (TPSA) is 66.5 Å². The van der Waals surface area contributed by atoms with Crippen LogP contribution in [0.25, 0.3) is 0 Å². The molecule has 1 N–H and O–H groups in total. The molecule has 5 heteroatoms. The van der Waals surface area contributed by atoms with Crippen molar-refractivity contribution in [1.82, 2.24) is 4.90 Å². The zero-order chi connectivity index (χ0) is 19.4. The summed E-state index contributed by atoms with van der Waals surface area (Å²) in [6, 6.07) is 14.5. The van der Waals surface area contributed by atoms with E-state index in [-0.39, 0.29) is 23.5 Å². The number of likely N-dealkylation sites (tertiary alicyclic amines) is 1. The van der Waals surface area contributed by atoms with Crippen molar-refractivity contribution in [3.8, 4) is 0 Å². The fourth-order valence-electron chi connectivity index (χ4n) is 3.34. The van der Waals surface area contributed by atoms with Crippen LogP contribution < -0.4 is 5.32 Å². The minimum atomic E-state index is -0.112. The number of anilines is 1. The second-order valence-electron chi connectivity index (χ2n) is 7.06. The van der Waals surface area contributed by atoms with Crippen LogP contribution in [0.1, 0.15) is 46.0 Å². The first-order valence-corrected chi connectivity index (χ1v) is 9.22. The van der Waals surface area contributed by atoms with Crippen LogP contribution in [0.2, 0.25) is 0 Å². The number of piperidine rings is 1. The van der Waals surface area contributed by atoms with Crippen LogP contribution in [0.5, 0.6) is 0 Å². The highest BCUT2D eigenvalue weighted by Crippen LogP contribution is 2.21. The van der Waals surface area contributed by atoms with Crippen molar-refractivity contribution < 1.29 is 14.4 Å². The van der Waals surface area contributed by atoms with E-state index < -0.39 is 0 Å². The van der Waals surface area contributed by atoms with Gasteiger partial charge in [0.1, 0.15) is 0 Å². The predicted octanol–water partition coefficient (Wildman–Crippen LogP) is 3.69. The Hall–Kier alpha value is -2.95.